The average Bonchev–Trinajstić information content (AvgIpc) is 2.71. The Morgan fingerprint density at radius 2 is 0.758 bits per heavy atom. The number of hydrogen-bond donors (Lipinski definition) is 2. The fourth-order valence-corrected chi connectivity index (χ4v) is 5.04. The maximum atomic E-state index is 3.74. The molecule has 2 atom stereocenters. The summed E-state index contributed by atoms with van der Waals surface area (Å²) in [5.41, 5.74) is 0. The summed E-state index contributed by atoms with van der Waals surface area (Å²) < 4.78 is 0. The summed E-state index contributed by atoms with van der Waals surface area (Å²) in [6.07, 6.45) is 11.8. The minimum Gasteiger partial charge on any atom is -0.314 e. The molecule has 0 aliphatic carbocycles. The van der Waals surface area contributed by atoms with Crippen LogP contribution in [-0.4, -0.2) is 72.2 Å². The Bertz CT molecular complexity index is 368. The molecule has 0 rings (SSSR count). The molecule has 0 bridgehead atoms. The standard InChI is InChI=1S/C29H64N4/c1-24(2)32(25(3)4)22-16-12-18-28(9)30-20-14-11-15-21-31-29(10)19-13-17-23-33(26(5)6)27(7)8/h24-31H,11-23H2,1-10H3. The zero-order valence-corrected chi connectivity index (χ0v) is 24.6. The number of nitrogens with zero attached hydrogens (tertiary/aromatic N) is 2. The summed E-state index contributed by atoms with van der Waals surface area (Å²) in [5.74, 6) is 0. The van der Waals surface area contributed by atoms with Crippen molar-refractivity contribution >= 4 is 0 Å². The van der Waals surface area contributed by atoms with Gasteiger partial charge in [-0.25, -0.2) is 0 Å². The van der Waals surface area contributed by atoms with Crippen LogP contribution in [0, 0.1) is 0 Å². The van der Waals surface area contributed by atoms with Crippen LogP contribution in [0.2, 0.25) is 0 Å². The summed E-state index contributed by atoms with van der Waals surface area (Å²) >= 11 is 0. The summed E-state index contributed by atoms with van der Waals surface area (Å²) in [6, 6.07) is 3.92. The highest BCUT2D eigenvalue weighted by Gasteiger charge is 2.13. The second-order valence-corrected chi connectivity index (χ2v) is 11.6. The van der Waals surface area contributed by atoms with Crippen molar-refractivity contribution in [3.05, 3.63) is 0 Å². The molecule has 0 fully saturated rings. The van der Waals surface area contributed by atoms with Crippen LogP contribution >= 0.6 is 0 Å². The van der Waals surface area contributed by atoms with Crippen molar-refractivity contribution in [2.75, 3.05) is 26.2 Å². The van der Waals surface area contributed by atoms with Gasteiger partial charge in [-0.2, -0.15) is 0 Å². The second-order valence-electron chi connectivity index (χ2n) is 11.6. The predicted octanol–water partition coefficient (Wildman–Crippen LogP) is 6.69. The molecular formula is C29H64N4. The minimum absolute atomic E-state index is 0.650. The Morgan fingerprint density at radius 1 is 0.424 bits per heavy atom. The molecule has 2 unspecified atom stereocenters. The first kappa shape index (κ1) is 32.8. The molecular weight excluding hydrogens is 404 g/mol. The quantitative estimate of drug-likeness (QED) is 0.173. The fourth-order valence-electron chi connectivity index (χ4n) is 5.04. The molecule has 0 aliphatic rings. The van der Waals surface area contributed by atoms with E-state index in [1.54, 1.807) is 0 Å². The van der Waals surface area contributed by atoms with Gasteiger partial charge in [0.25, 0.3) is 0 Å². The second kappa shape index (κ2) is 20.1. The largest absolute Gasteiger partial charge is 0.314 e. The Labute approximate surface area is 210 Å². The lowest BCUT2D eigenvalue weighted by Crippen LogP contribution is -2.37. The van der Waals surface area contributed by atoms with Crippen molar-refractivity contribution in [3.63, 3.8) is 0 Å². The van der Waals surface area contributed by atoms with E-state index in [1.165, 1.54) is 84.0 Å². The first-order valence-electron chi connectivity index (χ1n) is 14.5. The number of unbranched alkanes of at least 4 members (excludes halogenated alkanes) is 4. The van der Waals surface area contributed by atoms with E-state index < -0.39 is 0 Å². The molecule has 0 saturated carbocycles. The van der Waals surface area contributed by atoms with Crippen LogP contribution in [0.1, 0.15) is 127 Å². The van der Waals surface area contributed by atoms with Crippen molar-refractivity contribution in [3.8, 4) is 0 Å². The third kappa shape index (κ3) is 17.9. The van der Waals surface area contributed by atoms with Gasteiger partial charge in [-0.1, -0.05) is 19.3 Å². The summed E-state index contributed by atoms with van der Waals surface area (Å²) in [5, 5.41) is 7.47. The molecule has 0 heterocycles. The van der Waals surface area contributed by atoms with Crippen molar-refractivity contribution in [1.82, 2.24) is 20.4 Å². The maximum Gasteiger partial charge on any atom is 0.00412 e. The van der Waals surface area contributed by atoms with Crippen molar-refractivity contribution in [2.45, 2.75) is 163 Å². The van der Waals surface area contributed by atoms with Crippen molar-refractivity contribution in [1.29, 1.82) is 0 Å². The van der Waals surface area contributed by atoms with Crippen LogP contribution in [0.25, 0.3) is 0 Å². The van der Waals surface area contributed by atoms with Gasteiger partial charge >= 0.3 is 0 Å². The summed E-state index contributed by atoms with van der Waals surface area (Å²) in [7, 11) is 0. The summed E-state index contributed by atoms with van der Waals surface area (Å²) in [4.78, 5) is 5.22. The SMILES string of the molecule is CC(CCCCN(C(C)C)C(C)C)NCCCCCNC(C)CCCCN(C(C)C)C(C)C. The van der Waals surface area contributed by atoms with Gasteiger partial charge in [0.1, 0.15) is 0 Å². The lowest BCUT2D eigenvalue weighted by molar-refractivity contribution is 0.170. The van der Waals surface area contributed by atoms with Gasteiger partial charge in [-0.3, -0.25) is 9.80 Å². The Balaban J connectivity index is 3.60. The van der Waals surface area contributed by atoms with Gasteiger partial charge in [-0.15, -0.1) is 0 Å². The van der Waals surface area contributed by atoms with Crippen molar-refractivity contribution < 1.29 is 0 Å². The maximum absolute atomic E-state index is 3.74. The minimum atomic E-state index is 0.650. The molecule has 0 aromatic carbocycles. The molecule has 0 spiro atoms. The number of nitrogens with one attached hydrogen (secondary N) is 2. The highest BCUT2D eigenvalue weighted by Crippen LogP contribution is 2.10. The van der Waals surface area contributed by atoms with E-state index in [1.807, 2.05) is 0 Å². The van der Waals surface area contributed by atoms with E-state index in [4.69, 9.17) is 0 Å². The van der Waals surface area contributed by atoms with Gasteiger partial charge < -0.3 is 10.6 Å². The van der Waals surface area contributed by atoms with E-state index >= 15 is 0 Å². The third-order valence-electron chi connectivity index (χ3n) is 7.10. The molecule has 0 radical (unpaired) electrons. The van der Waals surface area contributed by atoms with Gasteiger partial charge in [0, 0.05) is 36.3 Å². The van der Waals surface area contributed by atoms with E-state index in [2.05, 4.69) is 89.7 Å². The molecule has 200 valence electrons. The highest BCUT2D eigenvalue weighted by molar-refractivity contribution is 4.70. The number of hydrogen-bond acceptors (Lipinski definition) is 4. The molecule has 0 aromatic rings. The lowest BCUT2D eigenvalue weighted by atomic mass is 10.1. The van der Waals surface area contributed by atoms with Crippen LogP contribution < -0.4 is 10.6 Å². The van der Waals surface area contributed by atoms with E-state index in [9.17, 15) is 0 Å². The molecule has 0 saturated heterocycles. The molecule has 33 heavy (non-hydrogen) atoms. The molecule has 4 heteroatoms. The Hall–Kier alpha value is -0.160. The van der Waals surface area contributed by atoms with Gasteiger partial charge in [0.05, 0.1) is 0 Å². The molecule has 0 amide bonds. The highest BCUT2D eigenvalue weighted by atomic mass is 15.2. The van der Waals surface area contributed by atoms with Crippen LogP contribution in [0.5, 0.6) is 0 Å². The Morgan fingerprint density at radius 3 is 1.06 bits per heavy atom. The number of rotatable bonds is 22. The molecule has 4 nitrogen and oxygen atoms in total. The van der Waals surface area contributed by atoms with Gasteiger partial charge in [-0.05, 0) is 134 Å². The first-order valence-corrected chi connectivity index (χ1v) is 14.5. The van der Waals surface area contributed by atoms with E-state index in [0.29, 0.717) is 36.3 Å². The lowest BCUT2D eigenvalue weighted by Gasteiger charge is -2.30. The average molecular weight is 469 g/mol. The van der Waals surface area contributed by atoms with E-state index in [-0.39, 0.29) is 0 Å². The van der Waals surface area contributed by atoms with Gasteiger partial charge in [0.15, 0.2) is 0 Å². The first-order chi connectivity index (χ1) is 15.6. The van der Waals surface area contributed by atoms with Crippen LogP contribution in [-0.2, 0) is 0 Å². The van der Waals surface area contributed by atoms with Crippen molar-refractivity contribution in [2.24, 2.45) is 0 Å². The smallest absolute Gasteiger partial charge is 0.00412 e. The van der Waals surface area contributed by atoms with Gasteiger partial charge in [0.2, 0.25) is 0 Å². The molecule has 0 aromatic heterocycles. The normalized spacial score (nSPS) is 14.5. The summed E-state index contributed by atoms with van der Waals surface area (Å²) in [6.45, 7) is 28.0. The monoisotopic (exact) mass is 469 g/mol. The fraction of sp³-hybridized carbons (Fsp3) is 1.00. The van der Waals surface area contributed by atoms with Crippen LogP contribution in [0.15, 0.2) is 0 Å². The van der Waals surface area contributed by atoms with E-state index in [0.717, 1.165) is 0 Å². The van der Waals surface area contributed by atoms with Crippen LogP contribution in [0.4, 0.5) is 0 Å². The Kier molecular flexibility index (Phi) is 20.0. The third-order valence-corrected chi connectivity index (χ3v) is 7.10. The molecule has 2 N–H and O–H groups in total. The predicted molar refractivity (Wildman–Crippen MR) is 150 cm³/mol. The zero-order valence-electron chi connectivity index (χ0n) is 24.6. The topological polar surface area (TPSA) is 30.5 Å². The van der Waals surface area contributed by atoms with Crippen LogP contribution in [0.3, 0.4) is 0 Å². The molecule has 0 aliphatic heterocycles. The zero-order chi connectivity index (χ0) is 25.2.